The summed E-state index contributed by atoms with van der Waals surface area (Å²) >= 11 is 0. The maximum Gasteiger partial charge on any atom is 0.227 e. The van der Waals surface area contributed by atoms with E-state index in [2.05, 4.69) is 39.7 Å². The smallest absolute Gasteiger partial charge is 0.227 e. The molecule has 2 aliphatic rings. The van der Waals surface area contributed by atoms with Crippen LogP contribution in [0.15, 0.2) is 28.8 Å². The zero-order valence-electron chi connectivity index (χ0n) is 17.3. The van der Waals surface area contributed by atoms with Crippen molar-refractivity contribution in [2.24, 2.45) is 11.8 Å². The summed E-state index contributed by atoms with van der Waals surface area (Å²) in [4.78, 5) is 22.2. The molecule has 2 atom stereocenters. The zero-order chi connectivity index (χ0) is 20.1. The van der Waals surface area contributed by atoms with Crippen LogP contribution in [0.1, 0.15) is 23.9 Å². The highest BCUT2D eigenvalue weighted by molar-refractivity contribution is 5.80. The van der Waals surface area contributed by atoms with Crippen LogP contribution in [0, 0.1) is 25.7 Å². The van der Waals surface area contributed by atoms with Crippen LogP contribution < -0.4 is 4.90 Å². The van der Waals surface area contributed by atoms with Crippen LogP contribution in [-0.2, 0) is 17.8 Å². The fourth-order valence-corrected chi connectivity index (χ4v) is 4.99. The van der Waals surface area contributed by atoms with Crippen molar-refractivity contribution >= 4 is 22.9 Å². The highest BCUT2D eigenvalue weighted by Crippen LogP contribution is 2.35. The Bertz CT molecular complexity index is 1040. The van der Waals surface area contributed by atoms with Crippen molar-refractivity contribution < 1.29 is 9.32 Å². The molecule has 0 radical (unpaired) electrons. The summed E-state index contributed by atoms with van der Waals surface area (Å²) in [6.07, 6.45) is 0.385. The van der Waals surface area contributed by atoms with Crippen molar-refractivity contribution in [3.05, 3.63) is 41.3 Å². The Kier molecular flexibility index (Phi) is 4.33. The summed E-state index contributed by atoms with van der Waals surface area (Å²) in [6, 6.07) is 8.33. The number of nitrogens with zero attached hydrogens (tertiary/aromatic N) is 5. The fraction of sp³-hybridized carbons (Fsp3) is 0.500. The molecule has 0 N–H and O–H groups in total. The van der Waals surface area contributed by atoms with Gasteiger partial charge in [-0.05, 0) is 32.9 Å². The van der Waals surface area contributed by atoms with Crippen LogP contribution in [0.4, 0.5) is 5.95 Å². The minimum atomic E-state index is 0.182. The van der Waals surface area contributed by atoms with E-state index in [0.29, 0.717) is 18.3 Å². The molecule has 152 valence electrons. The number of likely N-dealkylation sites (tertiary alicyclic amines) is 1. The summed E-state index contributed by atoms with van der Waals surface area (Å²) in [5.41, 5.74) is 4.00. The fourth-order valence-electron chi connectivity index (χ4n) is 4.99. The van der Waals surface area contributed by atoms with E-state index in [1.807, 2.05) is 24.8 Å². The van der Waals surface area contributed by atoms with Gasteiger partial charge < -0.3 is 18.9 Å². The minimum absolute atomic E-state index is 0.182. The third-order valence-corrected chi connectivity index (χ3v) is 6.58. The SMILES string of the molecule is CCn1c(N2CC3CN(C(=O)Cc4c(C)noc4C)CC3C2)nc2ccccc21. The van der Waals surface area contributed by atoms with Gasteiger partial charge in [-0.25, -0.2) is 4.98 Å². The van der Waals surface area contributed by atoms with Gasteiger partial charge in [0.2, 0.25) is 11.9 Å². The number of aryl methyl sites for hydroxylation is 3. The number of hydrogen-bond acceptors (Lipinski definition) is 5. The highest BCUT2D eigenvalue weighted by Gasteiger charge is 2.42. The van der Waals surface area contributed by atoms with Crippen molar-refractivity contribution in [2.75, 3.05) is 31.1 Å². The van der Waals surface area contributed by atoms with Crippen LogP contribution in [0.2, 0.25) is 0 Å². The molecule has 7 heteroatoms. The van der Waals surface area contributed by atoms with E-state index in [1.54, 1.807) is 0 Å². The van der Waals surface area contributed by atoms with Gasteiger partial charge in [-0.2, -0.15) is 0 Å². The van der Waals surface area contributed by atoms with Gasteiger partial charge >= 0.3 is 0 Å². The lowest BCUT2D eigenvalue weighted by atomic mass is 10.0. The van der Waals surface area contributed by atoms with E-state index in [-0.39, 0.29) is 5.91 Å². The van der Waals surface area contributed by atoms with Gasteiger partial charge in [-0.3, -0.25) is 4.79 Å². The molecule has 1 amide bonds. The van der Waals surface area contributed by atoms with Crippen molar-refractivity contribution in [1.29, 1.82) is 0 Å². The van der Waals surface area contributed by atoms with Gasteiger partial charge in [0, 0.05) is 50.1 Å². The molecule has 29 heavy (non-hydrogen) atoms. The normalized spacial score (nSPS) is 21.3. The van der Waals surface area contributed by atoms with Gasteiger partial charge in [-0.15, -0.1) is 0 Å². The van der Waals surface area contributed by atoms with Crippen molar-refractivity contribution in [3.63, 3.8) is 0 Å². The second-order valence-electron chi connectivity index (χ2n) is 8.35. The predicted molar refractivity (Wildman–Crippen MR) is 111 cm³/mol. The molecule has 4 heterocycles. The summed E-state index contributed by atoms with van der Waals surface area (Å²) in [5, 5.41) is 3.97. The number of aromatic nitrogens is 3. The van der Waals surface area contributed by atoms with Gasteiger partial charge in [0.05, 0.1) is 23.1 Å². The number of amides is 1. The number of hydrogen-bond donors (Lipinski definition) is 0. The Hall–Kier alpha value is -2.83. The second-order valence-corrected chi connectivity index (χ2v) is 8.35. The Labute approximate surface area is 170 Å². The maximum atomic E-state index is 12.8. The molecule has 0 saturated carbocycles. The Morgan fingerprint density at radius 1 is 1.14 bits per heavy atom. The van der Waals surface area contributed by atoms with E-state index in [9.17, 15) is 4.79 Å². The lowest BCUT2D eigenvalue weighted by Crippen LogP contribution is -2.35. The van der Waals surface area contributed by atoms with E-state index in [0.717, 1.165) is 61.2 Å². The first-order chi connectivity index (χ1) is 14.0. The lowest BCUT2D eigenvalue weighted by Gasteiger charge is -2.23. The number of fused-ring (bicyclic) bond motifs is 2. The Balaban J connectivity index is 1.28. The molecule has 2 unspecified atom stereocenters. The molecule has 0 bridgehead atoms. The summed E-state index contributed by atoms with van der Waals surface area (Å²) < 4.78 is 7.51. The number of carbonyl (C=O) groups is 1. The molecule has 1 aromatic carbocycles. The van der Waals surface area contributed by atoms with Gasteiger partial charge in [0.25, 0.3) is 0 Å². The monoisotopic (exact) mass is 393 g/mol. The Morgan fingerprint density at radius 3 is 2.52 bits per heavy atom. The third kappa shape index (κ3) is 2.99. The highest BCUT2D eigenvalue weighted by atomic mass is 16.5. The molecule has 7 nitrogen and oxygen atoms in total. The van der Waals surface area contributed by atoms with Crippen molar-refractivity contribution in [2.45, 2.75) is 33.7 Å². The van der Waals surface area contributed by atoms with E-state index in [4.69, 9.17) is 9.51 Å². The molecule has 0 aliphatic carbocycles. The van der Waals surface area contributed by atoms with E-state index < -0.39 is 0 Å². The van der Waals surface area contributed by atoms with Gasteiger partial charge in [0.1, 0.15) is 5.76 Å². The molecular weight excluding hydrogens is 366 g/mol. The molecule has 3 aromatic rings. The predicted octanol–water partition coefficient (Wildman–Crippen LogP) is 2.80. The van der Waals surface area contributed by atoms with Gasteiger partial charge in [-0.1, -0.05) is 17.3 Å². The van der Waals surface area contributed by atoms with Crippen LogP contribution in [0.3, 0.4) is 0 Å². The second kappa shape index (κ2) is 6.90. The first kappa shape index (κ1) is 18.2. The zero-order valence-corrected chi connectivity index (χ0v) is 17.3. The summed E-state index contributed by atoms with van der Waals surface area (Å²) in [5.74, 6) is 3.01. The van der Waals surface area contributed by atoms with E-state index in [1.165, 1.54) is 5.52 Å². The number of benzene rings is 1. The third-order valence-electron chi connectivity index (χ3n) is 6.58. The standard InChI is InChI=1S/C22H27N5O2/c1-4-27-20-8-6-5-7-19(20)23-22(27)26-12-16-10-25(11-17(16)13-26)21(28)9-18-14(2)24-29-15(18)3/h5-8,16-17H,4,9-13H2,1-3H3. The summed E-state index contributed by atoms with van der Waals surface area (Å²) in [6.45, 7) is 10.4. The number of carbonyl (C=O) groups excluding carboxylic acids is 1. The Morgan fingerprint density at radius 2 is 1.86 bits per heavy atom. The number of rotatable bonds is 4. The molecule has 2 aromatic heterocycles. The topological polar surface area (TPSA) is 67.4 Å². The molecule has 2 fully saturated rings. The van der Waals surface area contributed by atoms with Crippen LogP contribution in [-0.4, -0.2) is 51.7 Å². The first-order valence-electron chi connectivity index (χ1n) is 10.4. The van der Waals surface area contributed by atoms with Crippen LogP contribution in [0.5, 0.6) is 0 Å². The number of anilines is 1. The maximum absolute atomic E-state index is 12.8. The average molecular weight is 393 g/mol. The molecule has 5 rings (SSSR count). The van der Waals surface area contributed by atoms with Gasteiger partial charge in [0.15, 0.2) is 0 Å². The lowest BCUT2D eigenvalue weighted by molar-refractivity contribution is -0.129. The molecular formula is C22H27N5O2. The van der Waals surface area contributed by atoms with Crippen LogP contribution in [0.25, 0.3) is 11.0 Å². The molecule has 0 spiro atoms. The largest absolute Gasteiger partial charge is 0.361 e. The van der Waals surface area contributed by atoms with Crippen molar-refractivity contribution in [1.82, 2.24) is 19.6 Å². The van der Waals surface area contributed by atoms with E-state index >= 15 is 0 Å². The quantitative estimate of drug-likeness (QED) is 0.682. The molecule has 2 aliphatic heterocycles. The van der Waals surface area contributed by atoms with Crippen molar-refractivity contribution in [3.8, 4) is 0 Å². The summed E-state index contributed by atoms with van der Waals surface area (Å²) in [7, 11) is 0. The number of para-hydroxylation sites is 2. The first-order valence-corrected chi connectivity index (χ1v) is 10.4. The van der Waals surface area contributed by atoms with Crippen LogP contribution >= 0.6 is 0 Å². The molecule has 2 saturated heterocycles. The average Bonchev–Trinajstić information content (AvgIpc) is 3.44. The number of imidazole rings is 1. The minimum Gasteiger partial charge on any atom is -0.361 e.